The fraction of sp³-hybridized carbons (Fsp3) is 0.333. The minimum Gasteiger partial charge on any atom is -0.340 e. The van der Waals surface area contributed by atoms with Gasteiger partial charge in [-0.25, -0.2) is 13.1 Å². The van der Waals surface area contributed by atoms with Crippen molar-refractivity contribution in [2.45, 2.75) is 18.7 Å². The van der Waals surface area contributed by atoms with E-state index in [1.807, 2.05) is 12.1 Å². The van der Waals surface area contributed by atoms with Crippen LogP contribution in [0.4, 0.5) is 0 Å². The highest BCUT2D eigenvalue weighted by Gasteiger charge is 2.11. The third kappa shape index (κ3) is 4.41. The number of hydrogen-bond acceptors (Lipinski definition) is 6. The van der Waals surface area contributed by atoms with Crippen LogP contribution in [0.3, 0.4) is 0 Å². The van der Waals surface area contributed by atoms with Crippen LogP contribution in [0, 0.1) is 0 Å². The molecule has 0 atom stereocenters. The molecule has 0 aliphatic carbocycles. The van der Waals surface area contributed by atoms with Crippen molar-refractivity contribution in [3.05, 3.63) is 47.6 Å². The molecule has 0 amide bonds. The molecular weight excluding hydrogens is 280 g/mol. The summed E-state index contributed by atoms with van der Waals surface area (Å²) in [4.78, 5) is 3.81. The van der Waals surface area contributed by atoms with Crippen molar-refractivity contribution in [1.82, 2.24) is 14.9 Å². The van der Waals surface area contributed by atoms with Crippen LogP contribution < -0.4 is 10.5 Å². The molecule has 2 aromatic rings. The van der Waals surface area contributed by atoms with Crippen LogP contribution in [-0.2, 0) is 28.7 Å². The standard InChI is InChI=1S/C12H16N4O3S/c13-7-10-1-3-11(4-2-10)8-20(17,18)16-6-5-12-14-9-15-19-12/h1-4,9,16H,5-8,13H2. The predicted octanol–water partition coefficient (Wildman–Crippen LogP) is 0.190. The zero-order valence-electron chi connectivity index (χ0n) is 10.8. The molecule has 0 unspecified atom stereocenters. The smallest absolute Gasteiger partial charge is 0.227 e. The van der Waals surface area contributed by atoms with E-state index in [1.165, 1.54) is 6.33 Å². The van der Waals surface area contributed by atoms with E-state index in [2.05, 4.69) is 14.9 Å². The molecule has 1 aromatic heterocycles. The number of nitrogens with one attached hydrogen (secondary N) is 1. The number of nitrogens with zero attached hydrogens (tertiary/aromatic N) is 2. The lowest BCUT2D eigenvalue weighted by Crippen LogP contribution is -2.27. The van der Waals surface area contributed by atoms with Gasteiger partial charge in [-0.3, -0.25) is 0 Å². The van der Waals surface area contributed by atoms with Crippen LogP contribution in [0.5, 0.6) is 0 Å². The van der Waals surface area contributed by atoms with Gasteiger partial charge in [0, 0.05) is 19.5 Å². The average Bonchev–Trinajstić information content (AvgIpc) is 2.92. The first kappa shape index (κ1) is 14.6. The van der Waals surface area contributed by atoms with E-state index in [9.17, 15) is 8.42 Å². The Bertz CT molecular complexity index is 623. The SMILES string of the molecule is NCc1ccc(CS(=O)(=O)NCCc2ncno2)cc1. The Balaban J connectivity index is 1.86. The third-order valence-electron chi connectivity index (χ3n) is 2.68. The predicted molar refractivity (Wildman–Crippen MR) is 73.0 cm³/mol. The highest BCUT2D eigenvalue weighted by Crippen LogP contribution is 2.07. The molecule has 0 aliphatic heterocycles. The lowest BCUT2D eigenvalue weighted by molar-refractivity contribution is 0.377. The molecule has 3 N–H and O–H groups in total. The zero-order valence-corrected chi connectivity index (χ0v) is 11.6. The van der Waals surface area contributed by atoms with Crippen molar-refractivity contribution >= 4 is 10.0 Å². The van der Waals surface area contributed by atoms with Crippen LogP contribution >= 0.6 is 0 Å². The van der Waals surface area contributed by atoms with Gasteiger partial charge in [-0.1, -0.05) is 29.4 Å². The molecule has 7 nitrogen and oxygen atoms in total. The van der Waals surface area contributed by atoms with Crippen molar-refractivity contribution < 1.29 is 12.9 Å². The van der Waals surface area contributed by atoms with Crippen molar-refractivity contribution in [3.63, 3.8) is 0 Å². The minimum atomic E-state index is -3.38. The molecule has 1 aromatic carbocycles. The molecule has 0 aliphatic rings. The molecule has 2 rings (SSSR count). The van der Waals surface area contributed by atoms with Gasteiger partial charge in [0.05, 0.1) is 5.75 Å². The molecule has 1 heterocycles. The lowest BCUT2D eigenvalue weighted by atomic mass is 10.1. The maximum atomic E-state index is 11.9. The van der Waals surface area contributed by atoms with E-state index >= 15 is 0 Å². The summed E-state index contributed by atoms with van der Waals surface area (Å²) in [5.41, 5.74) is 7.17. The summed E-state index contributed by atoms with van der Waals surface area (Å²) in [6.07, 6.45) is 1.65. The Morgan fingerprint density at radius 3 is 2.50 bits per heavy atom. The van der Waals surface area contributed by atoms with E-state index in [0.29, 0.717) is 24.4 Å². The molecule has 0 saturated heterocycles. The Morgan fingerprint density at radius 2 is 1.90 bits per heavy atom. The second-order valence-electron chi connectivity index (χ2n) is 4.26. The number of rotatable bonds is 7. The number of benzene rings is 1. The number of sulfonamides is 1. The Hall–Kier alpha value is -1.77. The molecule has 108 valence electrons. The maximum Gasteiger partial charge on any atom is 0.227 e. The van der Waals surface area contributed by atoms with Gasteiger partial charge in [-0.2, -0.15) is 4.98 Å². The van der Waals surface area contributed by atoms with Gasteiger partial charge in [-0.05, 0) is 11.1 Å². The highest BCUT2D eigenvalue weighted by atomic mass is 32.2. The topological polar surface area (TPSA) is 111 Å². The summed E-state index contributed by atoms with van der Waals surface area (Å²) < 4.78 is 31.0. The quantitative estimate of drug-likeness (QED) is 0.754. The molecule has 0 bridgehead atoms. The Kier molecular flexibility index (Phi) is 4.83. The lowest BCUT2D eigenvalue weighted by Gasteiger charge is -2.06. The van der Waals surface area contributed by atoms with E-state index < -0.39 is 10.0 Å². The van der Waals surface area contributed by atoms with Crippen LogP contribution in [0.15, 0.2) is 35.1 Å². The van der Waals surface area contributed by atoms with E-state index in [-0.39, 0.29) is 12.3 Å². The second kappa shape index (κ2) is 6.60. The first-order valence-corrected chi connectivity index (χ1v) is 7.75. The third-order valence-corrected chi connectivity index (χ3v) is 4.04. The molecule has 0 spiro atoms. The minimum absolute atomic E-state index is 0.0678. The number of nitrogens with two attached hydrogens (primary N) is 1. The highest BCUT2D eigenvalue weighted by molar-refractivity contribution is 7.88. The fourth-order valence-electron chi connectivity index (χ4n) is 1.66. The first-order valence-electron chi connectivity index (χ1n) is 6.10. The van der Waals surface area contributed by atoms with Crippen LogP contribution in [0.1, 0.15) is 17.0 Å². The normalized spacial score (nSPS) is 11.7. The summed E-state index contributed by atoms with van der Waals surface area (Å²) in [7, 11) is -3.38. The van der Waals surface area contributed by atoms with Gasteiger partial charge >= 0.3 is 0 Å². The van der Waals surface area contributed by atoms with Crippen molar-refractivity contribution in [1.29, 1.82) is 0 Å². The fourth-order valence-corrected chi connectivity index (χ4v) is 2.81. The second-order valence-corrected chi connectivity index (χ2v) is 6.07. The Labute approximate surface area is 117 Å². The van der Waals surface area contributed by atoms with Gasteiger partial charge in [0.1, 0.15) is 0 Å². The Morgan fingerprint density at radius 1 is 1.20 bits per heavy atom. The van der Waals surface area contributed by atoms with Gasteiger partial charge in [0.25, 0.3) is 0 Å². The van der Waals surface area contributed by atoms with Gasteiger partial charge < -0.3 is 10.3 Å². The van der Waals surface area contributed by atoms with Gasteiger partial charge in [0.2, 0.25) is 15.9 Å². The molecule has 20 heavy (non-hydrogen) atoms. The summed E-state index contributed by atoms with van der Waals surface area (Å²) in [6, 6.07) is 7.17. The summed E-state index contributed by atoms with van der Waals surface area (Å²) in [6.45, 7) is 0.668. The van der Waals surface area contributed by atoms with Crippen LogP contribution in [-0.4, -0.2) is 25.1 Å². The summed E-state index contributed by atoms with van der Waals surface area (Å²) in [5, 5.41) is 3.45. The zero-order chi connectivity index (χ0) is 14.4. The molecule has 8 heteroatoms. The van der Waals surface area contributed by atoms with Crippen LogP contribution in [0.2, 0.25) is 0 Å². The molecule has 0 radical (unpaired) electrons. The summed E-state index contributed by atoms with van der Waals surface area (Å²) in [5.74, 6) is 0.335. The van der Waals surface area contributed by atoms with Gasteiger partial charge in [-0.15, -0.1) is 0 Å². The van der Waals surface area contributed by atoms with E-state index in [4.69, 9.17) is 10.3 Å². The van der Waals surface area contributed by atoms with Crippen molar-refractivity contribution in [2.75, 3.05) is 6.54 Å². The average molecular weight is 296 g/mol. The van der Waals surface area contributed by atoms with Gasteiger partial charge in [0.15, 0.2) is 6.33 Å². The monoisotopic (exact) mass is 296 g/mol. The number of aromatic nitrogens is 2. The molecule has 0 fully saturated rings. The van der Waals surface area contributed by atoms with Crippen molar-refractivity contribution in [3.8, 4) is 0 Å². The first-order chi connectivity index (χ1) is 9.59. The van der Waals surface area contributed by atoms with Crippen LogP contribution in [0.25, 0.3) is 0 Å². The number of hydrogen-bond donors (Lipinski definition) is 2. The molecular formula is C12H16N4O3S. The maximum absolute atomic E-state index is 11.9. The summed E-state index contributed by atoms with van der Waals surface area (Å²) >= 11 is 0. The van der Waals surface area contributed by atoms with E-state index in [1.54, 1.807) is 12.1 Å². The van der Waals surface area contributed by atoms with Crippen molar-refractivity contribution in [2.24, 2.45) is 5.73 Å². The van der Waals surface area contributed by atoms with E-state index in [0.717, 1.165) is 5.56 Å². The largest absolute Gasteiger partial charge is 0.340 e. The molecule has 0 saturated carbocycles.